The van der Waals surface area contributed by atoms with Crippen molar-refractivity contribution in [1.82, 2.24) is 0 Å². The topological polar surface area (TPSA) is 46.2 Å². The van der Waals surface area contributed by atoms with Crippen LogP contribution in [0.3, 0.4) is 0 Å². The molecule has 3 N–H and O–H groups in total. The van der Waals surface area contributed by atoms with Crippen molar-refractivity contribution in [2.75, 3.05) is 0 Å². The molecule has 0 amide bonds. The van der Waals surface area contributed by atoms with Crippen LogP contribution >= 0.6 is 0 Å². The standard InChI is InChI=1S/C14H19NO/c15-12-7-6-10-4-3-5-11(16)13(10)14(12)8-1-2-9-14/h3-5,12,16H,1-2,6-9,15H2. The number of aromatic hydroxyl groups is 1. The predicted molar refractivity (Wildman–Crippen MR) is 64.5 cm³/mol. The van der Waals surface area contributed by atoms with Crippen LogP contribution in [0.15, 0.2) is 18.2 Å². The maximum absolute atomic E-state index is 10.1. The molecule has 2 aliphatic carbocycles. The summed E-state index contributed by atoms with van der Waals surface area (Å²) in [5, 5.41) is 10.1. The molecule has 1 unspecified atom stereocenters. The molecule has 2 aliphatic rings. The molecule has 1 fully saturated rings. The van der Waals surface area contributed by atoms with Gasteiger partial charge in [-0.25, -0.2) is 0 Å². The summed E-state index contributed by atoms with van der Waals surface area (Å²) < 4.78 is 0. The first-order valence-corrected chi connectivity index (χ1v) is 6.31. The molecule has 0 aliphatic heterocycles. The molecule has 1 spiro atoms. The lowest BCUT2D eigenvalue weighted by Gasteiger charge is -2.41. The van der Waals surface area contributed by atoms with Crippen LogP contribution in [0, 0.1) is 0 Å². The van der Waals surface area contributed by atoms with Crippen molar-refractivity contribution in [3.63, 3.8) is 0 Å². The Labute approximate surface area is 96.5 Å². The summed E-state index contributed by atoms with van der Waals surface area (Å²) in [6.45, 7) is 0. The molecule has 0 aromatic heterocycles. The average Bonchev–Trinajstić information content (AvgIpc) is 2.74. The lowest BCUT2D eigenvalue weighted by atomic mass is 9.65. The van der Waals surface area contributed by atoms with Crippen molar-refractivity contribution in [1.29, 1.82) is 0 Å². The lowest BCUT2D eigenvalue weighted by Crippen LogP contribution is -2.47. The summed E-state index contributed by atoms with van der Waals surface area (Å²) in [5.74, 6) is 0.467. The quantitative estimate of drug-likeness (QED) is 0.701. The maximum atomic E-state index is 10.1. The van der Waals surface area contributed by atoms with Crippen molar-refractivity contribution in [3.05, 3.63) is 29.3 Å². The minimum absolute atomic E-state index is 0.0823. The number of fused-ring (bicyclic) bond motifs is 2. The van der Waals surface area contributed by atoms with Gasteiger partial charge in [-0.1, -0.05) is 25.0 Å². The Morgan fingerprint density at radius 3 is 2.75 bits per heavy atom. The fourth-order valence-corrected chi connectivity index (χ4v) is 3.77. The third-order valence-corrected chi connectivity index (χ3v) is 4.56. The largest absolute Gasteiger partial charge is 0.508 e. The van der Waals surface area contributed by atoms with E-state index in [1.165, 1.54) is 24.0 Å². The third kappa shape index (κ3) is 1.23. The highest BCUT2D eigenvalue weighted by molar-refractivity contribution is 5.48. The van der Waals surface area contributed by atoms with E-state index in [0.29, 0.717) is 5.75 Å². The zero-order chi connectivity index (χ0) is 11.2. The van der Waals surface area contributed by atoms with Crippen LogP contribution in [0.5, 0.6) is 5.75 Å². The molecule has 1 atom stereocenters. The summed E-state index contributed by atoms with van der Waals surface area (Å²) in [7, 11) is 0. The van der Waals surface area contributed by atoms with Gasteiger partial charge in [0.2, 0.25) is 0 Å². The van der Waals surface area contributed by atoms with E-state index in [4.69, 9.17) is 5.73 Å². The number of benzene rings is 1. The van der Waals surface area contributed by atoms with Gasteiger partial charge in [-0.3, -0.25) is 0 Å². The normalized spacial score (nSPS) is 26.9. The Balaban J connectivity index is 2.19. The Kier molecular flexibility index (Phi) is 2.21. The van der Waals surface area contributed by atoms with Crippen LogP contribution < -0.4 is 5.73 Å². The molecule has 16 heavy (non-hydrogen) atoms. The fraction of sp³-hybridized carbons (Fsp3) is 0.571. The predicted octanol–water partition coefficient (Wildman–Crippen LogP) is 2.48. The van der Waals surface area contributed by atoms with Crippen LogP contribution in [0.4, 0.5) is 0 Å². The second-order valence-corrected chi connectivity index (χ2v) is 5.32. The van der Waals surface area contributed by atoms with Gasteiger partial charge < -0.3 is 10.8 Å². The third-order valence-electron chi connectivity index (χ3n) is 4.56. The van der Waals surface area contributed by atoms with Crippen LogP contribution in [-0.4, -0.2) is 11.1 Å². The molecule has 0 saturated heterocycles. The van der Waals surface area contributed by atoms with Gasteiger partial charge in [-0.15, -0.1) is 0 Å². The molecular weight excluding hydrogens is 198 g/mol. The van der Waals surface area contributed by atoms with Crippen LogP contribution in [0.25, 0.3) is 0 Å². The van der Waals surface area contributed by atoms with Crippen molar-refractivity contribution in [2.24, 2.45) is 5.73 Å². The van der Waals surface area contributed by atoms with Gasteiger partial charge in [-0.05, 0) is 37.3 Å². The molecule has 1 saturated carbocycles. The molecule has 2 nitrogen and oxygen atoms in total. The van der Waals surface area contributed by atoms with Crippen molar-refractivity contribution in [2.45, 2.75) is 50.0 Å². The highest BCUT2D eigenvalue weighted by Crippen LogP contribution is 2.51. The van der Waals surface area contributed by atoms with E-state index in [-0.39, 0.29) is 11.5 Å². The molecule has 0 radical (unpaired) electrons. The lowest BCUT2D eigenvalue weighted by molar-refractivity contribution is 0.299. The highest BCUT2D eigenvalue weighted by Gasteiger charge is 2.45. The molecule has 0 heterocycles. The summed E-state index contributed by atoms with van der Waals surface area (Å²) >= 11 is 0. The molecule has 3 rings (SSSR count). The second kappa shape index (κ2) is 3.49. The average molecular weight is 217 g/mol. The Morgan fingerprint density at radius 1 is 1.25 bits per heavy atom. The Morgan fingerprint density at radius 2 is 2.00 bits per heavy atom. The minimum atomic E-state index is 0.0823. The molecule has 2 heteroatoms. The van der Waals surface area contributed by atoms with E-state index >= 15 is 0 Å². The summed E-state index contributed by atoms with van der Waals surface area (Å²) in [6.07, 6.45) is 6.89. The number of phenolic OH excluding ortho intramolecular Hbond substituents is 1. The van der Waals surface area contributed by atoms with Gasteiger partial charge >= 0.3 is 0 Å². The van der Waals surface area contributed by atoms with Crippen LogP contribution in [-0.2, 0) is 11.8 Å². The van der Waals surface area contributed by atoms with Gasteiger partial charge in [-0.2, -0.15) is 0 Å². The Bertz CT molecular complexity index is 407. The first kappa shape index (κ1) is 10.2. The maximum Gasteiger partial charge on any atom is 0.119 e. The molecular formula is C14H19NO. The SMILES string of the molecule is NC1CCc2cccc(O)c2C12CCCC2. The van der Waals surface area contributed by atoms with Crippen LogP contribution in [0.1, 0.15) is 43.2 Å². The minimum Gasteiger partial charge on any atom is -0.508 e. The van der Waals surface area contributed by atoms with E-state index in [1.807, 2.05) is 12.1 Å². The molecule has 86 valence electrons. The highest BCUT2D eigenvalue weighted by atomic mass is 16.3. The van der Waals surface area contributed by atoms with Crippen molar-refractivity contribution < 1.29 is 5.11 Å². The smallest absolute Gasteiger partial charge is 0.119 e. The number of phenols is 1. The first-order valence-electron chi connectivity index (χ1n) is 6.31. The van der Waals surface area contributed by atoms with Gasteiger partial charge in [0, 0.05) is 17.0 Å². The zero-order valence-electron chi connectivity index (χ0n) is 9.58. The Hall–Kier alpha value is -1.02. The molecule has 1 aromatic carbocycles. The summed E-state index contributed by atoms with van der Waals surface area (Å²) in [4.78, 5) is 0. The number of aryl methyl sites for hydroxylation is 1. The van der Waals surface area contributed by atoms with Gasteiger partial charge in [0.05, 0.1) is 0 Å². The van der Waals surface area contributed by atoms with E-state index in [2.05, 4.69) is 6.07 Å². The molecule has 1 aromatic rings. The fourth-order valence-electron chi connectivity index (χ4n) is 3.77. The van der Waals surface area contributed by atoms with Crippen molar-refractivity contribution >= 4 is 0 Å². The van der Waals surface area contributed by atoms with Gasteiger partial charge in [0.25, 0.3) is 0 Å². The number of hydrogen-bond acceptors (Lipinski definition) is 2. The number of hydrogen-bond donors (Lipinski definition) is 2. The van der Waals surface area contributed by atoms with E-state index in [9.17, 15) is 5.11 Å². The van der Waals surface area contributed by atoms with E-state index < -0.39 is 0 Å². The van der Waals surface area contributed by atoms with Crippen molar-refractivity contribution in [3.8, 4) is 5.75 Å². The second-order valence-electron chi connectivity index (χ2n) is 5.32. The first-order chi connectivity index (χ1) is 7.74. The number of nitrogens with two attached hydrogens (primary N) is 1. The number of rotatable bonds is 0. The van der Waals surface area contributed by atoms with E-state index in [1.54, 1.807) is 0 Å². The molecule has 0 bridgehead atoms. The van der Waals surface area contributed by atoms with Gasteiger partial charge in [0.15, 0.2) is 0 Å². The summed E-state index contributed by atoms with van der Waals surface area (Å²) in [6, 6.07) is 6.15. The van der Waals surface area contributed by atoms with Gasteiger partial charge in [0.1, 0.15) is 5.75 Å². The monoisotopic (exact) mass is 217 g/mol. The summed E-state index contributed by atoms with van der Waals surface area (Å²) in [5.41, 5.74) is 8.93. The zero-order valence-corrected chi connectivity index (χ0v) is 9.58. The van der Waals surface area contributed by atoms with Crippen LogP contribution in [0.2, 0.25) is 0 Å². The van der Waals surface area contributed by atoms with E-state index in [0.717, 1.165) is 25.7 Å².